The number of hydrogen-bond donors (Lipinski definition) is 1. The Morgan fingerprint density at radius 3 is 2.94 bits per heavy atom. The SMILES string of the molecule is CCCN1C(=O)CC(C(=O)O)C1c1ncc(Cl)s1. The van der Waals surface area contributed by atoms with Gasteiger partial charge >= 0.3 is 5.97 Å². The average molecular weight is 289 g/mol. The van der Waals surface area contributed by atoms with Crippen molar-refractivity contribution in [3.05, 3.63) is 15.5 Å². The number of aromatic nitrogens is 1. The number of carboxylic acid groups (broad SMARTS) is 1. The number of halogens is 1. The minimum atomic E-state index is -0.960. The third kappa shape index (κ3) is 2.35. The van der Waals surface area contributed by atoms with Crippen molar-refractivity contribution in [1.29, 1.82) is 0 Å². The third-order valence-electron chi connectivity index (χ3n) is 2.96. The quantitative estimate of drug-likeness (QED) is 0.922. The molecule has 2 heterocycles. The van der Waals surface area contributed by atoms with Gasteiger partial charge in [0.1, 0.15) is 9.34 Å². The number of hydrogen-bond acceptors (Lipinski definition) is 4. The first-order valence-electron chi connectivity index (χ1n) is 5.68. The fourth-order valence-electron chi connectivity index (χ4n) is 2.23. The fraction of sp³-hybridized carbons (Fsp3) is 0.545. The van der Waals surface area contributed by atoms with Crippen LogP contribution in [0.1, 0.15) is 30.8 Å². The molecule has 0 spiro atoms. The van der Waals surface area contributed by atoms with Crippen LogP contribution >= 0.6 is 22.9 Å². The molecule has 2 rings (SSSR count). The van der Waals surface area contributed by atoms with Crippen LogP contribution < -0.4 is 0 Å². The summed E-state index contributed by atoms with van der Waals surface area (Å²) >= 11 is 7.07. The molecule has 2 atom stereocenters. The highest BCUT2D eigenvalue weighted by atomic mass is 35.5. The molecule has 1 saturated heterocycles. The predicted molar refractivity (Wildman–Crippen MR) is 67.6 cm³/mol. The van der Waals surface area contributed by atoms with E-state index in [9.17, 15) is 14.7 Å². The van der Waals surface area contributed by atoms with Gasteiger partial charge in [0.05, 0.1) is 18.2 Å². The van der Waals surface area contributed by atoms with E-state index in [-0.39, 0.29) is 12.3 Å². The second-order valence-electron chi connectivity index (χ2n) is 4.18. The predicted octanol–water partition coefficient (Wildman–Crippen LogP) is 2.18. The summed E-state index contributed by atoms with van der Waals surface area (Å²) in [4.78, 5) is 28.9. The van der Waals surface area contributed by atoms with Crippen molar-refractivity contribution in [3.8, 4) is 0 Å². The van der Waals surface area contributed by atoms with E-state index in [1.54, 1.807) is 4.90 Å². The normalized spacial score (nSPS) is 23.7. The number of carboxylic acids is 1. The molecule has 1 amide bonds. The smallest absolute Gasteiger partial charge is 0.309 e. The summed E-state index contributed by atoms with van der Waals surface area (Å²) in [5, 5.41) is 9.82. The zero-order valence-electron chi connectivity index (χ0n) is 9.80. The van der Waals surface area contributed by atoms with Gasteiger partial charge in [-0.2, -0.15) is 0 Å². The van der Waals surface area contributed by atoms with Gasteiger partial charge in [-0.3, -0.25) is 9.59 Å². The summed E-state index contributed by atoms with van der Waals surface area (Å²) in [7, 11) is 0. The van der Waals surface area contributed by atoms with E-state index in [0.29, 0.717) is 15.9 Å². The van der Waals surface area contributed by atoms with Crippen LogP contribution in [0.15, 0.2) is 6.20 Å². The Morgan fingerprint density at radius 2 is 2.44 bits per heavy atom. The summed E-state index contributed by atoms with van der Waals surface area (Å²) < 4.78 is 0.505. The van der Waals surface area contributed by atoms with E-state index < -0.39 is 17.9 Å². The number of aliphatic carboxylic acids is 1. The number of carbonyl (C=O) groups is 2. The van der Waals surface area contributed by atoms with Crippen LogP contribution in [0.2, 0.25) is 4.34 Å². The Labute approximate surface area is 113 Å². The molecule has 0 aliphatic carbocycles. The summed E-state index contributed by atoms with van der Waals surface area (Å²) in [6.45, 7) is 2.50. The summed E-state index contributed by atoms with van der Waals surface area (Å²) in [6, 6.07) is -0.479. The molecule has 0 radical (unpaired) electrons. The lowest BCUT2D eigenvalue weighted by Gasteiger charge is -2.24. The minimum Gasteiger partial charge on any atom is -0.481 e. The summed E-state index contributed by atoms with van der Waals surface area (Å²) in [5.41, 5.74) is 0. The molecule has 0 bridgehead atoms. The van der Waals surface area contributed by atoms with Gasteiger partial charge in [-0.15, -0.1) is 11.3 Å². The lowest BCUT2D eigenvalue weighted by atomic mass is 10.0. The molecule has 1 fully saturated rings. The Bertz CT molecular complexity index is 477. The van der Waals surface area contributed by atoms with Crippen molar-refractivity contribution in [2.75, 3.05) is 6.54 Å². The molecule has 0 aromatic carbocycles. The maximum Gasteiger partial charge on any atom is 0.309 e. The molecule has 1 aromatic rings. The number of nitrogens with zero attached hydrogens (tertiary/aromatic N) is 2. The standard InChI is InChI=1S/C11H13ClN2O3S/c1-2-3-14-8(15)4-6(11(16)17)9(14)10-13-5-7(12)18-10/h5-6,9H,2-4H2,1H3,(H,16,17). The van der Waals surface area contributed by atoms with Gasteiger partial charge in [0, 0.05) is 13.0 Å². The molecule has 0 saturated carbocycles. The van der Waals surface area contributed by atoms with Crippen LogP contribution in [0.5, 0.6) is 0 Å². The van der Waals surface area contributed by atoms with Crippen LogP contribution in [-0.2, 0) is 9.59 Å². The maximum atomic E-state index is 11.9. The van der Waals surface area contributed by atoms with Crippen molar-refractivity contribution < 1.29 is 14.7 Å². The molecule has 1 N–H and O–H groups in total. The summed E-state index contributed by atoms with van der Waals surface area (Å²) in [5.74, 6) is -1.81. The number of likely N-dealkylation sites (tertiary alicyclic amines) is 1. The molecular weight excluding hydrogens is 276 g/mol. The Morgan fingerprint density at radius 1 is 1.72 bits per heavy atom. The molecule has 5 nitrogen and oxygen atoms in total. The topological polar surface area (TPSA) is 70.5 Å². The first kappa shape index (κ1) is 13.3. The molecule has 1 aromatic heterocycles. The zero-order valence-corrected chi connectivity index (χ0v) is 11.4. The van der Waals surface area contributed by atoms with Gasteiger partial charge in [-0.05, 0) is 6.42 Å². The monoisotopic (exact) mass is 288 g/mol. The number of carbonyl (C=O) groups excluding carboxylic acids is 1. The lowest BCUT2D eigenvalue weighted by Crippen LogP contribution is -2.31. The van der Waals surface area contributed by atoms with Gasteiger partial charge in [0.2, 0.25) is 5.91 Å². The highest BCUT2D eigenvalue weighted by molar-refractivity contribution is 7.15. The van der Waals surface area contributed by atoms with Crippen LogP contribution in [0.3, 0.4) is 0 Å². The highest BCUT2D eigenvalue weighted by Crippen LogP contribution is 2.40. The van der Waals surface area contributed by atoms with E-state index in [4.69, 9.17) is 11.6 Å². The van der Waals surface area contributed by atoms with E-state index in [1.165, 1.54) is 17.5 Å². The molecule has 1 aliphatic rings. The first-order valence-corrected chi connectivity index (χ1v) is 6.87. The summed E-state index contributed by atoms with van der Waals surface area (Å²) in [6.07, 6.45) is 2.32. The Hall–Kier alpha value is -1.14. The van der Waals surface area contributed by atoms with Crippen molar-refractivity contribution in [1.82, 2.24) is 9.88 Å². The van der Waals surface area contributed by atoms with Crippen molar-refractivity contribution in [3.63, 3.8) is 0 Å². The Kier molecular flexibility index (Phi) is 3.87. The van der Waals surface area contributed by atoms with Crippen molar-refractivity contribution in [2.45, 2.75) is 25.8 Å². The van der Waals surface area contributed by atoms with E-state index in [1.807, 2.05) is 6.92 Å². The first-order chi connectivity index (χ1) is 8.54. The van der Waals surface area contributed by atoms with Crippen LogP contribution in [0.4, 0.5) is 0 Å². The van der Waals surface area contributed by atoms with Gasteiger partial charge in [-0.25, -0.2) is 4.98 Å². The molecule has 1 aliphatic heterocycles. The molecular formula is C11H13ClN2O3S. The second kappa shape index (κ2) is 5.24. The Balaban J connectivity index is 2.35. The molecule has 98 valence electrons. The van der Waals surface area contributed by atoms with E-state index in [2.05, 4.69) is 4.98 Å². The lowest BCUT2D eigenvalue weighted by molar-refractivity contribution is -0.142. The van der Waals surface area contributed by atoms with Crippen molar-refractivity contribution >= 4 is 34.8 Å². The number of rotatable bonds is 4. The maximum absolute atomic E-state index is 11.9. The van der Waals surface area contributed by atoms with Gasteiger partial charge in [-0.1, -0.05) is 18.5 Å². The van der Waals surface area contributed by atoms with Crippen LogP contribution in [0.25, 0.3) is 0 Å². The van der Waals surface area contributed by atoms with Crippen LogP contribution in [-0.4, -0.2) is 33.4 Å². The van der Waals surface area contributed by atoms with Gasteiger partial charge < -0.3 is 10.0 Å². The van der Waals surface area contributed by atoms with E-state index >= 15 is 0 Å². The van der Waals surface area contributed by atoms with E-state index in [0.717, 1.165) is 6.42 Å². The zero-order chi connectivity index (χ0) is 13.3. The molecule has 7 heteroatoms. The number of thiazole rings is 1. The largest absolute Gasteiger partial charge is 0.481 e. The molecule has 2 unspecified atom stereocenters. The highest BCUT2D eigenvalue weighted by Gasteiger charge is 2.45. The van der Waals surface area contributed by atoms with Gasteiger partial charge in [0.15, 0.2) is 0 Å². The number of amides is 1. The average Bonchev–Trinajstić information content (AvgIpc) is 2.85. The van der Waals surface area contributed by atoms with Crippen LogP contribution in [0, 0.1) is 5.92 Å². The fourth-order valence-corrected chi connectivity index (χ4v) is 3.33. The van der Waals surface area contributed by atoms with Crippen molar-refractivity contribution in [2.24, 2.45) is 5.92 Å². The van der Waals surface area contributed by atoms with Gasteiger partial charge in [0.25, 0.3) is 0 Å². The molecule has 18 heavy (non-hydrogen) atoms. The third-order valence-corrected chi connectivity index (χ3v) is 4.15. The minimum absolute atomic E-state index is 0.0389. The second-order valence-corrected chi connectivity index (χ2v) is 5.88.